The molecule has 1 aliphatic heterocycles. The molecule has 0 aliphatic carbocycles. The summed E-state index contributed by atoms with van der Waals surface area (Å²) in [6.07, 6.45) is 1.87. The van der Waals surface area contributed by atoms with Gasteiger partial charge in [-0.15, -0.1) is 0 Å². The number of benzene rings is 1. The van der Waals surface area contributed by atoms with Gasteiger partial charge in [0, 0.05) is 6.07 Å². The van der Waals surface area contributed by atoms with Gasteiger partial charge in [-0.3, -0.25) is 4.79 Å². The summed E-state index contributed by atoms with van der Waals surface area (Å²) < 4.78 is 26.8. The quantitative estimate of drug-likeness (QED) is 0.519. The molecule has 1 aromatic carbocycles. The highest BCUT2D eigenvalue weighted by atomic mass is 32.2. The molecule has 1 saturated heterocycles. The molecule has 0 bridgehead atoms. The van der Waals surface area contributed by atoms with Crippen molar-refractivity contribution < 1.29 is 13.3 Å². The fourth-order valence-electron chi connectivity index (χ4n) is 3.06. The highest BCUT2D eigenvalue weighted by Gasteiger charge is 2.29. The van der Waals surface area contributed by atoms with Crippen LogP contribution in [0.15, 0.2) is 46.3 Å². The number of rotatable bonds is 6. The molecule has 0 saturated carbocycles. The molecular weight excluding hydrogens is 372 g/mol. The fourth-order valence-corrected chi connectivity index (χ4v) is 5.01. The first-order chi connectivity index (χ1) is 12.5. The Bertz CT molecular complexity index is 892. The maximum atomic E-state index is 12.6. The summed E-state index contributed by atoms with van der Waals surface area (Å²) in [5, 5.41) is 0.607. The van der Waals surface area contributed by atoms with Crippen LogP contribution in [0.4, 0.5) is 0 Å². The molecule has 2 heterocycles. The molecule has 7 nitrogen and oxygen atoms in total. The van der Waals surface area contributed by atoms with Crippen LogP contribution >= 0.6 is 11.8 Å². The smallest absolute Gasteiger partial charge is 0.251 e. The Hall–Kier alpha value is -1.68. The normalized spacial score (nSPS) is 16.7. The van der Waals surface area contributed by atoms with E-state index in [2.05, 4.69) is 9.97 Å². The van der Waals surface area contributed by atoms with Crippen LogP contribution in [0.25, 0.3) is 0 Å². The monoisotopic (exact) mass is 395 g/mol. The molecule has 0 unspecified atom stereocenters. The van der Waals surface area contributed by atoms with Gasteiger partial charge in [0.15, 0.2) is 5.16 Å². The molecule has 1 aromatic heterocycles. The summed E-state index contributed by atoms with van der Waals surface area (Å²) in [6.45, 7) is 3.02. The zero-order valence-corrected chi connectivity index (χ0v) is 16.3. The lowest BCUT2D eigenvalue weighted by Crippen LogP contribution is -3.13. The number of hydrogen-bond acceptors (Lipinski definition) is 5. The molecule has 0 radical (unpaired) electrons. The van der Waals surface area contributed by atoms with E-state index in [1.807, 2.05) is 36.6 Å². The van der Waals surface area contributed by atoms with Crippen molar-refractivity contribution in [2.45, 2.75) is 17.5 Å². The lowest BCUT2D eigenvalue weighted by molar-refractivity contribution is -0.917. The van der Waals surface area contributed by atoms with Crippen LogP contribution < -0.4 is 10.5 Å². The van der Waals surface area contributed by atoms with Crippen molar-refractivity contribution in [2.24, 2.45) is 0 Å². The zero-order valence-electron chi connectivity index (χ0n) is 14.6. The molecule has 2 N–H and O–H groups in total. The van der Waals surface area contributed by atoms with Crippen molar-refractivity contribution >= 4 is 21.8 Å². The summed E-state index contributed by atoms with van der Waals surface area (Å²) in [7, 11) is -3.30. The lowest BCUT2D eigenvalue weighted by Gasteiger charge is -2.31. The van der Waals surface area contributed by atoms with E-state index in [1.54, 1.807) is 4.31 Å². The van der Waals surface area contributed by atoms with Crippen molar-refractivity contribution in [1.29, 1.82) is 0 Å². The Balaban J connectivity index is 1.59. The molecule has 0 spiro atoms. The van der Waals surface area contributed by atoms with Crippen LogP contribution in [0.3, 0.4) is 0 Å². The Kier molecular flexibility index (Phi) is 6.13. The van der Waals surface area contributed by atoms with E-state index >= 15 is 0 Å². The Morgan fingerprint density at radius 3 is 2.58 bits per heavy atom. The predicted octanol–water partition coefficient (Wildman–Crippen LogP) is -0.278. The van der Waals surface area contributed by atoms with E-state index in [-0.39, 0.29) is 11.3 Å². The number of nitrogens with one attached hydrogen (secondary N) is 2. The van der Waals surface area contributed by atoms with E-state index in [1.165, 1.54) is 22.7 Å². The minimum absolute atomic E-state index is 0.0376. The third-order valence-electron chi connectivity index (χ3n) is 4.41. The molecule has 1 fully saturated rings. The van der Waals surface area contributed by atoms with Crippen molar-refractivity contribution in [3.8, 4) is 0 Å². The lowest BCUT2D eigenvalue weighted by atomic mass is 10.2. The Morgan fingerprint density at radius 1 is 1.23 bits per heavy atom. The van der Waals surface area contributed by atoms with E-state index in [9.17, 15) is 13.2 Å². The number of thioether (sulfide) groups is 1. The third-order valence-corrected chi connectivity index (χ3v) is 6.84. The fraction of sp³-hybridized carbons (Fsp3) is 0.412. The predicted molar refractivity (Wildman–Crippen MR) is 102 cm³/mol. The van der Waals surface area contributed by atoms with Crippen molar-refractivity contribution in [3.05, 3.63) is 58.0 Å². The molecule has 9 heteroatoms. The van der Waals surface area contributed by atoms with Crippen LogP contribution in [0, 0.1) is 0 Å². The molecule has 140 valence electrons. The average Bonchev–Trinajstić information content (AvgIpc) is 2.62. The molecule has 3 rings (SSSR count). The SMILES string of the molecule is CSc1nc(C[NH+]2CCN(S(=O)(=O)Cc3ccccc3)CC2)cc(=O)[nH]1. The second-order valence-electron chi connectivity index (χ2n) is 6.31. The van der Waals surface area contributed by atoms with Gasteiger partial charge in [-0.1, -0.05) is 42.1 Å². The first-order valence-electron chi connectivity index (χ1n) is 8.46. The first-order valence-corrected chi connectivity index (χ1v) is 11.3. The van der Waals surface area contributed by atoms with Gasteiger partial charge in [-0.2, -0.15) is 4.31 Å². The third kappa shape index (κ3) is 4.94. The number of aromatic amines is 1. The van der Waals surface area contributed by atoms with Crippen LogP contribution in [0.2, 0.25) is 0 Å². The van der Waals surface area contributed by atoms with Crippen LogP contribution in [-0.2, 0) is 22.3 Å². The van der Waals surface area contributed by atoms with Gasteiger partial charge < -0.3 is 9.88 Å². The maximum Gasteiger partial charge on any atom is 0.251 e. The topological polar surface area (TPSA) is 87.6 Å². The summed E-state index contributed by atoms with van der Waals surface area (Å²) in [4.78, 5) is 20.0. The van der Waals surface area contributed by atoms with Crippen molar-refractivity contribution in [3.63, 3.8) is 0 Å². The largest absolute Gasteiger partial charge is 0.328 e. The van der Waals surface area contributed by atoms with E-state index < -0.39 is 10.0 Å². The van der Waals surface area contributed by atoms with Gasteiger partial charge in [-0.05, 0) is 11.8 Å². The molecule has 1 aliphatic rings. The van der Waals surface area contributed by atoms with Gasteiger partial charge in [0.2, 0.25) is 10.0 Å². The van der Waals surface area contributed by atoms with E-state index in [0.717, 1.165) is 11.3 Å². The molecular formula is C17H23N4O3S2+. The second kappa shape index (κ2) is 8.34. The van der Waals surface area contributed by atoms with Gasteiger partial charge in [-0.25, -0.2) is 13.4 Å². The summed E-state index contributed by atoms with van der Waals surface area (Å²) in [5.41, 5.74) is 1.40. The van der Waals surface area contributed by atoms with Crippen LogP contribution in [0.5, 0.6) is 0 Å². The Labute approximate surface area is 157 Å². The van der Waals surface area contributed by atoms with E-state index in [0.29, 0.717) is 37.9 Å². The number of hydrogen-bond donors (Lipinski definition) is 2. The summed E-state index contributed by atoms with van der Waals surface area (Å²) in [6, 6.07) is 10.8. The van der Waals surface area contributed by atoms with Gasteiger partial charge >= 0.3 is 0 Å². The minimum Gasteiger partial charge on any atom is -0.328 e. The second-order valence-corrected chi connectivity index (χ2v) is 9.08. The average molecular weight is 396 g/mol. The van der Waals surface area contributed by atoms with E-state index in [4.69, 9.17) is 0 Å². The Morgan fingerprint density at radius 2 is 1.92 bits per heavy atom. The number of aromatic nitrogens is 2. The highest BCUT2D eigenvalue weighted by Crippen LogP contribution is 2.11. The van der Waals surface area contributed by atoms with Gasteiger partial charge in [0.1, 0.15) is 12.2 Å². The number of nitrogens with zero attached hydrogens (tertiary/aromatic N) is 2. The summed E-state index contributed by atoms with van der Waals surface area (Å²) >= 11 is 1.40. The number of quaternary nitrogens is 1. The number of piperazine rings is 1. The van der Waals surface area contributed by atoms with Gasteiger partial charge in [0.05, 0.1) is 31.9 Å². The van der Waals surface area contributed by atoms with Gasteiger partial charge in [0.25, 0.3) is 5.56 Å². The van der Waals surface area contributed by atoms with Crippen LogP contribution in [0.1, 0.15) is 11.3 Å². The zero-order chi connectivity index (χ0) is 18.6. The summed E-state index contributed by atoms with van der Waals surface area (Å²) in [5.74, 6) is 0.0376. The van der Waals surface area contributed by atoms with Crippen molar-refractivity contribution in [1.82, 2.24) is 14.3 Å². The minimum atomic E-state index is -3.30. The van der Waals surface area contributed by atoms with Crippen molar-refractivity contribution in [2.75, 3.05) is 32.4 Å². The molecule has 0 amide bonds. The standard InChI is InChI=1S/C17H22N4O3S2/c1-25-17-18-15(11-16(22)19-17)12-20-7-9-21(10-8-20)26(23,24)13-14-5-3-2-4-6-14/h2-6,11H,7-10,12-13H2,1H3,(H,18,19,22)/p+1. The first kappa shape index (κ1) is 19.1. The molecule has 2 aromatic rings. The number of H-pyrrole nitrogens is 1. The maximum absolute atomic E-state index is 12.6. The number of sulfonamides is 1. The molecule has 26 heavy (non-hydrogen) atoms. The highest BCUT2D eigenvalue weighted by molar-refractivity contribution is 7.98. The van der Waals surface area contributed by atoms with Crippen LogP contribution in [-0.4, -0.2) is 55.1 Å². The molecule has 0 atom stereocenters.